The van der Waals surface area contributed by atoms with Gasteiger partial charge in [0.15, 0.2) is 0 Å². The Balaban J connectivity index is 1.69. The van der Waals surface area contributed by atoms with Gasteiger partial charge in [-0.1, -0.05) is 12.1 Å². The van der Waals surface area contributed by atoms with Gasteiger partial charge < -0.3 is 19.4 Å². The van der Waals surface area contributed by atoms with E-state index in [2.05, 4.69) is 40.3 Å². The van der Waals surface area contributed by atoms with E-state index in [9.17, 15) is 0 Å². The molecule has 0 bridgehead atoms. The molecule has 1 unspecified atom stereocenters. The SMILES string of the molecule is COCCNCc1ccc2ccn(CC3CCCO3)c2c1. The predicted molar refractivity (Wildman–Crippen MR) is 84.5 cm³/mol. The summed E-state index contributed by atoms with van der Waals surface area (Å²) in [6, 6.07) is 8.86. The Kier molecular flexibility index (Phi) is 4.91. The summed E-state index contributed by atoms with van der Waals surface area (Å²) in [4.78, 5) is 0. The fourth-order valence-corrected chi connectivity index (χ4v) is 2.91. The van der Waals surface area contributed by atoms with Gasteiger partial charge in [0.25, 0.3) is 0 Å². The normalized spacial score (nSPS) is 18.6. The Bertz CT molecular complexity index is 573. The zero-order valence-electron chi connectivity index (χ0n) is 12.7. The Morgan fingerprint density at radius 1 is 1.38 bits per heavy atom. The summed E-state index contributed by atoms with van der Waals surface area (Å²) in [7, 11) is 1.73. The van der Waals surface area contributed by atoms with E-state index in [1.54, 1.807) is 7.11 Å². The smallest absolute Gasteiger partial charge is 0.0754 e. The summed E-state index contributed by atoms with van der Waals surface area (Å²) < 4.78 is 13.1. The minimum Gasteiger partial charge on any atom is -0.383 e. The maximum Gasteiger partial charge on any atom is 0.0754 e. The number of hydrogen-bond acceptors (Lipinski definition) is 3. The second-order valence-electron chi connectivity index (χ2n) is 5.67. The third-order valence-corrected chi connectivity index (χ3v) is 4.07. The average molecular weight is 288 g/mol. The first-order valence-corrected chi connectivity index (χ1v) is 7.76. The van der Waals surface area contributed by atoms with E-state index >= 15 is 0 Å². The molecule has 1 aliphatic heterocycles. The van der Waals surface area contributed by atoms with Gasteiger partial charge in [0.05, 0.1) is 12.7 Å². The maximum absolute atomic E-state index is 5.75. The van der Waals surface area contributed by atoms with Gasteiger partial charge in [-0.3, -0.25) is 0 Å². The van der Waals surface area contributed by atoms with Crippen molar-refractivity contribution in [3.63, 3.8) is 0 Å². The highest BCUT2D eigenvalue weighted by atomic mass is 16.5. The molecular formula is C17H24N2O2. The number of fused-ring (bicyclic) bond motifs is 1. The molecule has 0 amide bonds. The van der Waals surface area contributed by atoms with Crippen LogP contribution in [0.15, 0.2) is 30.5 Å². The van der Waals surface area contributed by atoms with Gasteiger partial charge in [-0.25, -0.2) is 0 Å². The van der Waals surface area contributed by atoms with E-state index < -0.39 is 0 Å². The van der Waals surface area contributed by atoms with Crippen LogP contribution in [0.4, 0.5) is 0 Å². The lowest BCUT2D eigenvalue weighted by Gasteiger charge is -2.12. The Hall–Kier alpha value is -1.36. The molecule has 1 aromatic carbocycles. The monoisotopic (exact) mass is 288 g/mol. The number of ether oxygens (including phenoxy) is 2. The van der Waals surface area contributed by atoms with E-state index in [0.717, 1.165) is 32.8 Å². The molecule has 1 atom stereocenters. The predicted octanol–water partition coefficient (Wildman–Crippen LogP) is 2.56. The van der Waals surface area contributed by atoms with Gasteiger partial charge in [-0.15, -0.1) is 0 Å². The molecule has 0 saturated carbocycles. The van der Waals surface area contributed by atoms with Crippen molar-refractivity contribution >= 4 is 10.9 Å². The van der Waals surface area contributed by atoms with Crippen LogP contribution in [0.2, 0.25) is 0 Å². The summed E-state index contributed by atoms with van der Waals surface area (Å²) in [6.45, 7) is 4.39. The maximum atomic E-state index is 5.75. The third-order valence-electron chi connectivity index (χ3n) is 4.07. The van der Waals surface area contributed by atoms with Gasteiger partial charge >= 0.3 is 0 Å². The van der Waals surface area contributed by atoms with Gasteiger partial charge in [-0.05, 0) is 35.9 Å². The second-order valence-corrected chi connectivity index (χ2v) is 5.67. The summed E-state index contributed by atoms with van der Waals surface area (Å²) in [6.07, 6.45) is 4.93. The van der Waals surface area contributed by atoms with E-state index in [-0.39, 0.29) is 0 Å². The van der Waals surface area contributed by atoms with Crippen LogP contribution in [-0.2, 0) is 22.6 Å². The summed E-state index contributed by atoms with van der Waals surface area (Å²) in [5, 5.41) is 4.69. The van der Waals surface area contributed by atoms with Crippen LogP contribution >= 0.6 is 0 Å². The average Bonchev–Trinajstić information content (AvgIpc) is 3.14. The number of methoxy groups -OCH3 is 1. The molecule has 114 valence electrons. The molecule has 4 nitrogen and oxygen atoms in total. The highest BCUT2D eigenvalue weighted by Gasteiger charge is 2.16. The number of benzene rings is 1. The minimum absolute atomic E-state index is 0.379. The zero-order chi connectivity index (χ0) is 14.5. The van der Waals surface area contributed by atoms with Crippen molar-refractivity contribution in [3.8, 4) is 0 Å². The van der Waals surface area contributed by atoms with Crippen LogP contribution in [0.3, 0.4) is 0 Å². The fraction of sp³-hybridized carbons (Fsp3) is 0.529. The van der Waals surface area contributed by atoms with Crippen LogP contribution in [0, 0.1) is 0 Å². The standard InChI is InChI=1S/C17H24N2O2/c1-20-10-7-18-12-14-4-5-15-6-8-19(17(15)11-14)13-16-3-2-9-21-16/h4-6,8,11,16,18H,2-3,7,9-10,12-13H2,1H3. The first-order chi connectivity index (χ1) is 10.4. The van der Waals surface area contributed by atoms with E-state index in [1.807, 2.05) is 0 Å². The first-order valence-electron chi connectivity index (χ1n) is 7.76. The van der Waals surface area contributed by atoms with Crippen LogP contribution in [-0.4, -0.2) is 37.5 Å². The number of rotatable bonds is 7. The minimum atomic E-state index is 0.379. The molecule has 0 aliphatic carbocycles. The van der Waals surface area contributed by atoms with Crippen molar-refractivity contribution in [2.75, 3.05) is 26.9 Å². The number of nitrogens with zero attached hydrogens (tertiary/aromatic N) is 1. The molecule has 1 saturated heterocycles. The van der Waals surface area contributed by atoms with Gasteiger partial charge in [0.2, 0.25) is 0 Å². The van der Waals surface area contributed by atoms with Gasteiger partial charge in [0, 0.05) is 45.1 Å². The second kappa shape index (κ2) is 7.07. The molecule has 3 rings (SSSR count). The van der Waals surface area contributed by atoms with Crippen molar-refractivity contribution in [3.05, 3.63) is 36.0 Å². The summed E-state index contributed by atoms with van der Waals surface area (Å²) in [5.41, 5.74) is 2.61. The summed E-state index contributed by atoms with van der Waals surface area (Å²) in [5.74, 6) is 0. The largest absolute Gasteiger partial charge is 0.383 e. The Morgan fingerprint density at radius 3 is 3.14 bits per heavy atom. The van der Waals surface area contributed by atoms with Crippen molar-refractivity contribution in [2.45, 2.75) is 32.0 Å². The quantitative estimate of drug-likeness (QED) is 0.795. The highest BCUT2D eigenvalue weighted by molar-refractivity contribution is 5.80. The van der Waals surface area contributed by atoms with E-state index in [4.69, 9.17) is 9.47 Å². The summed E-state index contributed by atoms with van der Waals surface area (Å²) >= 11 is 0. The van der Waals surface area contributed by atoms with Crippen LogP contribution < -0.4 is 5.32 Å². The highest BCUT2D eigenvalue weighted by Crippen LogP contribution is 2.21. The lowest BCUT2D eigenvalue weighted by molar-refractivity contribution is 0.0980. The molecule has 2 aromatic rings. The van der Waals surface area contributed by atoms with Gasteiger partial charge in [-0.2, -0.15) is 0 Å². The van der Waals surface area contributed by atoms with Crippen LogP contribution in [0.25, 0.3) is 10.9 Å². The fourth-order valence-electron chi connectivity index (χ4n) is 2.91. The van der Waals surface area contributed by atoms with Crippen molar-refractivity contribution < 1.29 is 9.47 Å². The number of nitrogens with one attached hydrogen (secondary N) is 1. The molecule has 0 spiro atoms. The van der Waals surface area contributed by atoms with E-state index in [1.165, 1.54) is 29.3 Å². The molecule has 4 heteroatoms. The molecular weight excluding hydrogens is 264 g/mol. The molecule has 2 heterocycles. The van der Waals surface area contributed by atoms with Crippen LogP contribution in [0.5, 0.6) is 0 Å². The van der Waals surface area contributed by atoms with E-state index in [0.29, 0.717) is 6.10 Å². The van der Waals surface area contributed by atoms with Crippen molar-refractivity contribution in [1.29, 1.82) is 0 Å². The first kappa shape index (κ1) is 14.6. The molecule has 1 fully saturated rings. The number of aromatic nitrogens is 1. The number of hydrogen-bond donors (Lipinski definition) is 1. The topological polar surface area (TPSA) is 35.4 Å². The molecule has 21 heavy (non-hydrogen) atoms. The Labute approximate surface area is 126 Å². The zero-order valence-corrected chi connectivity index (χ0v) is 12.7. The lowest BCUT2D eigenvalue weighted by atomic mass is 10.1. The van der Waals surface area contributed by atoms with Gasteiger partial charge in [0.1, 0.15) is 0 Å². The van der Waals surface area contributed by atoms with Crippen molar-refractivity contribution in [1.82, 2.24) is 9.88 Å². The lowest BCUT2D eigenvalue weighted by Crippen LogP contribution is -2.18. The Morgan fingerprint density at radius 2 is 2.33 bits per heavy atom. The third kappa shape index (κ3) is 3.64. The molecule has 1 N–H and O–H groups in total. The van der Waals surface area contributed by atoms with Crippen molar-refractivity contribution in [2.24, 2.45) is 0 Å². The molecule has 1 aliphatic rings. The van der Waals surface area contributed by atoms with Crippen LogP contribution in [0.1, 0.15) is 18.4 Å². The molecule has 1 aromatic heterocycles. The molecule has 0 radical (unpaired) electrons.